The number of carbonyl (C=O) groups excluding carboxylic acids is 5. The highest BCUT2D eigenvalue weighted by atomic mass is 16.5. The molecule has 0 aliphatic carbocycles. The van der Waals surface area contributed by atoms with Gasteiger partial charge in [-0.3, -0.25) is 34.0 Å². The number of likely N-dealkylation sites (N-methyl/N-ethyl adjacent to an activating group) is 1. The van der Waals surface area contributed by atoms with Crippen LogP contribution in [0.15, 0.2) is 49.2 Å². The Morgan fingerprint density at radius 3 is 2.57 bits per heavy atom. The molecule has 7 rings (SSSR count). The molecule has 15 nitrogen and oxygen atoms in total. The predicted molar refractivity (Wildman–Crippen MR) is 250 cm³/mol. The second-order valence-electron chi connectivity index (χ2n) is 19.7. The van der Waals surface area contributed by atoms with Crippen molar-refractivity contribution in [2.24, 2.45) is 23.2 Å². The van der Waals surface area contributed by atoms with Gasteiger partial charge >= 0.3 is 5.97 Å². The van der Waals surface area contributed by atoms with Gasteiger partial charge in [0.05, 0.1) is 30.0 Å². The number of hydrazine groups is 1. The molecule has 4 aliphatic heterocycles. The van der Waals surface area contributed by atoms with E-state index in [1.54, 1.807) is 19.1 Å². The van der Waals surface area contributed by atoms with E-state index in [-0.39, 0.29) is 48.8 Å². The molecule has 6 bridgehead atoms. The second kappa shape index (κ2) is 20.1. The Bertz CT molecular complexity index is 2270. The van der Waals surface area contributed by atoms with Crippen molar-refractivity contribution < 1.29 is 33.4 Å². The van der Waals surface area contributed by atoms with Gasteiger partial charge in [-0.1, -0.05) is 34.3 Å². The number of methoxy groups -OCH3 is 1. The molecule has 4 aliphatic rings. The van der Waals surface area contributed by atoms with Gasteiger partial charge in [0.15, 0.2) is 0 Å². The van der Waals surface area contributed by atoms with E-state index in [2.05, 4.69) is 71.8 Å². The van der Waals surface area contributed by atoms with Crippen molar-refractivity contribution in [2.75, 3.05) is 58.4 Å². The summed E-state index contributed by atoms with van der Waals surface area (Å²) >= 11 is 0. The van der Waals surface area contributed by atoms with Gasteiger partial charge in [0.1, 0.15) is 18.1 Å². The number of amides is 4. The molecule has 6 atom stereocenters. The van der Waals surface area contributed by atoms with Gasteiger partial charge in [0.2, 0.25) is 17.7 Å². The Balaban J connectivity index is 1.24. The molecular weight excluding hydrogens is 825 g/mol. The number of fused-ring (bicyclic) bond motifs is 6. The number of likely N-dealkylation sites (tertiary alicyclic amines) is 1. The summed E-state index contributed by atoms with van der Waals surface area (Å²) in [6.07, 6.45) is 7.15. The summed E-state index contributed by atoms with van der Waals surface area (Å²) in [7, 11) is 3.33. The highest BCUT2D eigenvalue weighted by molar-refractivity contribution is 5.95. The summed E-state index contributed by atoms with van der Waals surface area (Å²) in [5.41, 5.74) is 9.01. The Morgan fingerprint density at radius 2 is 1.85 bits per heavy atom. The summed E-state index contributed by atoms with van der Waals surface area (Å²) in [6, 6.07) is 8.25. The fourth-order valence-electron chi connectivity index (χ4n) is 10.6. The van der Waals surface area contributed by atoms with Crippen LogP contribution in [-0.2, 0) is 46.4 Å². The summed E-state index contributed by atoms with van der Waals surface area (Å²) < 4.78 is 14.3. The standard InChI is InChI=1S/C50H70N8O7/c1-10-42(59)56-24-20-34(29-56)47(61)54(8)44(31(3)4)46(60)52-40-25-33-15-13-22-55(28-33)35-18-19-41-37(26-35)38(45(57(41)11-2)36-16-12-21-51-43(36)32(5)64-9)27-50(6,7)30-65-49(63)39-17-14-23-58(53-39)48(40)62/h10,12,16,18-19,21,26,31-34,39-40,44,53H,1,11,13-15,17,20,22-25,27-30H2,2-9H3,(H,52,60)/t32-,33-,34-,39-,40-,44?/m0/s1. The zero-order valence-corrected chi connectivity index (χ0v) is 39.7. The van der Waals surface area contributed by atoms with Crippen LogP contribution >= 0.6 is 0 Å². The van der Waals surface area contributed by atoms with E-state index in [1.807, 2.05) is 33.0 Å². The lowest BCUT2D eigenvalue weighted by atomic mass is 9.84. The third-order valence-electron chi connectivity index (χ3n) is 14.1. The number of benzene rings is 1. The van der Waals surface area contributed by atoms with E-state index in [9.17, 15) is 24.0 Å². The molecule has 3 saturated heterocycles. The predicted octanol–water partition coefficient (Wildman–Crippen LogP) is 5.66. The van der Waals surface area contributed by atoms with Crippen molar-refractivity contribution in [1.82, 2.24) is 35.1 Å². The number of ether oxygens (including phenoxy) is 2. The molecule has 2 aromatic heterocycles. The molecule has 2 N–H and O–H groups in total. The Hall–Kier alpha value is -5.28. The molecule has 4 amide bonds. The number of cyclic esters (lactones) is 1. The van der Waals surface area contributed by atoms with Crippen LogP contribution in [0.4, 0.5) is 5.69 Å². The molecule has 3 aromatic rings. The van der Waals surface area contributed by atoms with Crippen LogP contribution in [0, 0.1) is 23.2 Å². The number of aryl methyl sites for hydroxylation is 1. The van der Waals surface area contributed by atoms with Gasteiger partial charge in [0, 0.05) is 87.2 Å². The highest BCUT2D eigenvalue weighted by Gasteiger charge is 2.41. The summed E-state index contributed by atoms with van der Waals surface area (Å²) in [6.45, 7) is 19.3. The quantitative estimate of drug-likeness (QED) is 0.192. The van der Waals surface area contributed by atoms with E-state index in [0.717, 1.165) is 65.0 Å². The zero-order valence-electron chi connectivity index (χ0n) is 39.7. The summed E-state index contributed by atoms with van der Waals surface area (Å²) in [5.74, 6) is -2.28. The van der Waals surface area contributed by atoms with Crippen LogP contribution in [0.1, 0.15) is 97.4 Å². The smallest absolute Gasteiger partial charge is 0.324 e. The molecule has 1 aromatic carbocycles. The number of piperidine rings is 1. The number of nitrogens with zero attached hydrogens (tertiary/aromatic N) is 6. The first kappa shape index (κ1) is 47.7. The van der Waals surface area contributed by atoms with Gasteiger partial charge in [-0.25, -0.2) is 5.43 Å². The van der Waals surface area contributed by atoms with Gasteiger partial charge in [-0.05, 0) is 113 Å². The average molecular weight is 895 g/mol. The van der Waals surface area contributed by atoms with Crippen molar-refractivity contribution in [3.8, 4) is 11.3 Å². The molecule has 1 unspecified atom stereocenters. The lowest BCUT2D eigenvalue weighted by molar-refractivity contribution is -0.155. The van der Waals surface area contributed by atoms with Gasteiger partial charge in [-0.2, -0.15) is 0 Å². The molecule has 0 spiro atoms. The topological polar surface area (TPSA) is 159 Å². The van der Waals surface area contributed by atoms with Gasteiger partial charge in [0.25, 0.3) is 5.91 Å². The largest absolute Gasteiger partial charge is 0.464 e. The van der Waals surface area contributed by atoms with Crippen molar-refractivity contribution in [3.63, 3.8) is 0 Å². The van der Waals surface area contributed by atoms with E-state index < -0.39 is 41.3 Å². The number of hydrogen-bond donors (Lipinski definition) is 2. The number of carbonyl (C=O) groups is 5. The monoisotopic (exact) mass is 895 g/mol. The maximum atomic E-state index is 14.7. The lowest BCUT2D eigenvalue weighted by Crippen LogP contribution is -2.62. The third-order valence-corrected chi connectivity index (χ3v) is 14.1. The van der Waals surface area contributed by atoms with Crippen molar-refractivity contribution in [3.05, 3.63) is 60.4 Å². The van der Waals surface area contributed by atoms with Gasteiger partial charge in [-0.15, -0.1) is 0 Å². The molecule has 6 heterocycles. The number of esters is 1. The molecule has 0 saturated carbocycles. The van der Waals surface area contributed by atoms with E-state index in [1.165, 1.54) is 16.0 Å². The SMILES string of the molecule is C=CC(=O)N1CC[C@H](C(=O)N(C)C(C(=O)N[C@H]2C[C@@H]3CCCN(C3)c3ccc4c(c3)c(c(-c3cccnc3[C@H](C)OC)n4CC)CC(C)(C)COC(=O)[C@@H]3CCCN(N3)C2=O)C(C)C)C1. The normalized spacial score (nSPS) is 23.7. The molecular formula is C50H70N8O7. The number of nitrogens with one attached hydrogen (secondary N) is 2. The fraction of sp³-hybridized carbons (Fsp3) is 0.600. The molecule has 3 fully saturated rings. The Kier molecular flexibility index (Phi) is 14.7. The minimum Gasteiger partial charge on any atom is -0.464 e. The first-order chi connectivity index (χ1) is 31.0. The van der Waals surface area contributed by atoms with Crippen LogP contribution in [0.2, 0.25) is 0 Å². The van der Waals surface area contributed by atoms with Crippen LogP contribution < -0.4 is 15.6 Å². The number of hydrogen-bond acceptors (Lipinski definition) is 10. The first-order valence-electron chi connectivity index (χ1n) is 23.7. The number of aromatic nitrogens is 2. The summed E-state index contributed by atoms with van der Waals surface area (Å²) in [4.78, 5) is 79.8. The Morgan fingerprint density at radius 1 is 1.08 bits per heavy atom. The lowest BCUT2D eigenvalue weighted by Gasteiger charge is -2.39. The van der Waals surface area contributed by atoms with Crippen LogP contribution in [-0.4, -0.2) is 126 Å². The number of rotatable bonds is 10. The van der Waals surface area contributed by atoms with Crippen LogP contribution in [0.25, 0.3) is 22.2 Å². The maximum Gasteiger partial charge on any atom is 0.324 e. The van der Waals surface area contributed by atoms with E-state index >= 15 is 0 Å². The van der Waals surface area contributed by atoms with Crippen molar-refractivity contribution in [1.29, 1.82) is 0 Å². The van der Waals surface area contributed by atoms with Gasteiger partial charge < -0.3 is 34.1 Å². The van der Waals surface area contributed by atoms with Crippen molar-refractivity contribution in [2.45, 2.75) is 117 Å². The number of anilines is 1. The van der Waals surface area contributed by atoms with E-state index in [4.69, 9.17) is 14.5 Å². The molecule has 65 heavy (non-hydrogen) atoms. The highest BCUT2D eigenvalue weighted by Crippen LogP contribution is 2.42. The Labute approximate surface area is 384 Å². The second-order valence-corrected chi connectivity index (χ2v) is 19.7. The van der Waals surface area contributed by atoms with Crippen molar-refractivity contribution >= 4 is 46.2 Å². The van der Waals surface area contributed by atoms with Crippen LogP contribution in [0.5, 0.6) is 0 Å². The fourth-order valence-corrected chi connectivity index (χ4v) is 10.6. The summed E-state index contributed by atoms with van der Waals surface area (Å²) in [5, 5.41) is 5.75. The molecule has 0 radical (unpaired) electrons. The maximum absolute atomic E-state index is 14.7. The van der Waals surface area contributed by atoms with E-state index in [0.29, 0.717) is 51.7 Å². The van der Waals surface area contributed by atoms with Crippen LogP contribution in [0.3, 0.4) is 0 Å². The molecule has 15 heteroatoms. The minimum atomic E-state index is -0.928. The third kappa shape index (κ3) is 10.1. The number of pyridine rings is 1. The molecule has 352 valence electrons. The average Bonchev–Trinajstić information content (AvgIpc) is 3.92. The minimum absolute atomic E-state index is 0.0459. The zero-order chi connectivity index (χ0) is 46.7. The first-order valence-corrected chi connectivity index (χ1v) is 23.7.